The van der Waals surface area contributed by atoms with Crippen molar-refractivity contribution in [3.63, 3.8) is 0 Å². The summed E-state index contributed by atoms with van der Waals surface area (Å²) in [5, 5.41) is 9.32. The van der Waals surface area contributed by atoms with Crippen LogP contribution in [0.2, 0.25) is 0 Å². The van der Waals surface area contributed by atoms with Crippen LogP contribution in [0.5, 0.6) is 0 Å². The molecule has 0 bridgehead atoms. The van der Waals surface area contributed by atoms with Crippen LogP contribution in [0.4, 0.5) is 5.69 Å². The van der Waals surface area contributed by atoms with Gasteiger partial charge < -0.3 is 10.0 Å². The van der Waals surface area contributed by atoms with Gasteiger partial charge in [-0.2, -0.15) is 0 Å². The summed E-state index contributed by atoms with van der Waals surface area (Å²) in [6.07, 6.45) is 3.21. The molecule has 1 N–H and O–H groups in total. The highest BCUT2D eigenvalue weighted by molar-refractivity contribution is 6.45. The number of carbonyl (C=O) groups is 2. The minimum Gasteiger partial charge on any atom is -0.395 e. The molecule has 0 atom stereocenters. The van der Waals surface area contributed by atoms with Crippen molar-refractivity contribution in [1.82, 2.24) is 4.90 Å². The van der Waals surface area contributed by atoms with Gasteiger partial charge in [-0.1, -0.05) is 55.8 Å². The number of amides is 2. The van der Waals surface area contributed by atoms with Gasteiger partial charge in [-0.15, -0.1) is 0 Å². The minimum absolute atomic E-state index is 0.102. The van der Waals surface area contributed by atoms with Crippen LogP contribution in [0, 0.1) is 0 Å². The fraction of sp³-hybridized carbons (Fsp3) is 0.304. The Bertz CT molecular complexity index is 872. The van der Waals surface area contributed by atoms with Gasteiger partial charge in [0, 0.05) is 13.6 Å². The summed E-state index contributed by atoms with van der Waals surface area (Å²) < 4.78 is 0. The smallest absolute Gasteiger partial charge is 0.282 e. The highest BCUT2D eigenvalue weighted by atomic mass is 16.3. The van der Waals surface area contributed by atoms with E-state index in [1.165, 1.54) is 10.5 Å². The molecule has 0 fully saturated rings. The molecule has 28 heavy (non-hydrogen) atoms. The van der Waals surface area contributed by atoms with Crippen molar-refractivity contribution in [3.05, 3.63) is 71.4 Å². The minimum atomic E-state index is -0.360. The Morgan fingerprint density at radius 2 is 1.64 bits per heavy atom. The van der Waals surface area contributed by atoms with E-state index in [9.17, 15) is 14.7 Å². The Hall–Kier alpha value is -2.92. The van der Waals surface area contributed by atoms with Crippen molar-refractivity contribution >= 4 is 23.1 Å². The first kappa shape index (κ1) is 19.8. The lowest BCUT2D eigenvalue weighted by molar-refractivity contribution is -0.120. The van der Waals surface area contributed by atoms with E-state index >= 15 is 0 Å². The molecule has 2 aromatic carbocycles. The maximum atomic E-state index is 13.3. The SMILES string of the molecule is CCCCc1ccc(N2C(=O)C(c3ccccc3)=C(N(C)CCO)C2=O)cc1. The molecule has 0 saturated carbocycles. The number of aliphatic hydroxyl groups is 1. The van der Waals surface area contributed by atoms with Crippen LogP contribution in [-0.2, 0) is 16.0 Å². The number of likely N-dealkylation sites (N-methyl/N-ethyl adjacent to an activating group) is 1. The number of unbranched alkanes of at least 4 members (excludes halogenated alkanes) is 1. The predicted octanol–water partition coefficient (Wildman–Crippen LogP) is 3.24. The van der Waals surface area contributed by atoms with Crippen molar-refractivity contribution in [2.75, 3.05) is 25.1 Å². The van der Waals surface area contributed by atoms with Crippen LogP contribution in [0.1, 0.15) is 30.9 Å². The summed E-state index contributed by atoms with van der Waals surface area (Å²) in [6.45, 7) is 2.32. The van der Waals surface area contributed by atoms with Crippen LogP contribution < -0.4 is 4.90 Å². The third-order valence-electron chi connectivity index (χ3n) is 4.95. The molecule has 2 aromatic rings. The first-order valence-corrected chi connectivity index (χ1v) is 9.68. The molecule has 146 valence electrons. The van der Waals surface area contributed by atoms with E-state index in [2.05, 4.69) is 6.92 Å². The van der Waals surface area contributed by atoms with E-state index in [-0.39, 0.29) is 25.0 Å². The van der Waals surface area contributed by atoms with Gasteiger partial charge in [0.2, 0.25) is 0 Å². The van der Waals surface area contributed by atoms with Crippen molar-refractivity contribution < 1.29 is 14.7 Å². The molecule has 0 unspecified atom stereocenters. The van der Waals surface area contributed by atoms with Gasteiger partial charge in [-0.25, -0.2) is 4.90 Å². The topological polar surface area (TPSA) is 60.9 Å². The number of hydrogen-bond acceptors (Lipinski definition) is 4. The summed E-state index contributed by atoms with van der Waals surface area (Å²) in [7, 11) is 1.72. The lowest BCUT2D eigenvalue weighted by Gasteiger charge is -2.20. The lowest BCUT2D eigenvalue weighted by Crippen LogP contribution is -2.34. The van der Waals surface area contributed by atoms with Crippen LogP contribution in [0.3, 0.4) is 0 Å². The van der Waals surface area contributed by atoms with Gasteiger partial charge in [0.05, 0.1) is 17.9 Å². The first-order valence-electron chi connectivity index (χ1n) is 9.68. The van der Waals surface area contributed by atoms with E-state index in [0.29, 0.717) is 22.5 Å². The number of benzene rings is 2. The molecule has 0 aromatic heterocycles. The van der Waals surface area contributed by atoms with E-state index in [1.54, 1.807) is 11.9 Å². The van der Waals surface area contributed by atoms with E-state index < -0.39 is 0 Å². The molecule has 0 radical (unpaired) electrons. The van der Waals surface area contributed by atoms with Gasteiger partial charge in [-0.05, 0) is 36.1 Å². The third-order valence-corrected chi connectivity index (χ3v) is 4.95. The number of imide groups is 1. The highest BCUT2D eigenvalue weighted by Gasteiger charge is 2.41. The second kappa shape index (κ2) is 8.85. The molecule has 1 aliphatic heterocycles. The highest BCUT2D eigenvalue weighted by Crippen LogP contribution is 2.34. The molecule has 0 aliphatic carbocycles. The first-order chi connectivity index (χ1) is 13.6. The number of aliphatic hydroxyl groups excluding tert-OH is 1. The molecular weight excluding hydrogens is 352 g/mol. The van der Waals surface area contributed by atoms with Crippen LogP contribution in [0.15, 0.2) is 60.3 Å². The number of anilines is 1. The molecule has 0 saturated heterocycles. The van der Waals surface area contributed by atoms with Gasteiger partial charge in [0.15, 0.2) is 0 Å². The Morgan fingerprint density at radius 1 is 0.964 bits per heavy atom. The Balaban J connectivity index is 1.98. The average molecular weight is 378 g/mol. The maximum Gasteiger partial charge on any atom is 0.282 e. The van der Waals surface area contributed by atoms with Crippen molar-refractivity contribution in [2.45, 2.75) is 26.2 Å². The Morgan fingerprint density at radius 3 is 2.25 bits per heavy atom. The summed E-state index contributed by atoms with van der Waals surface area (Å²) >= 11 is 0. The Labute approximate surface area is 165 Å². The molecule has 5 nitrogen and oxygen atoms in total. The van der Waals surface area contributed by atoms with Crippen LogP contribution in [0.25, 0.3) is 5.57 Å². The standard InChI is InChI=1S/C23H26N2O3/c1-3-4-8-17-11-13-19(14-12-17)25-22(27)20(18-9-6-5-7-10-18)21(23(25)28)24(2)15-16-26/h5-7,9-14,26H,3-4,8,15-16H2,1-2H3. The largest absolute Gasteiger partial charge is 0.395 e. The van der Waals surface area contributed by atoms with E-state index in [4.69, 9.17) is 0 Å². The summed E-state index contributed by atoms with van der Waals surface area (Å²) in [5.74, 6) is -0.696. The maximum absolute atomic E-state index is 13.3. The van der Waals surface area contributed by atoms with Crippen LogP contribution >= 0.6 is 0 Å². The molecule has 0 spiro atoms. The predicted molar refractivity (Wildman–Crippen MR) is 111 cm³/mol. The van der Waals surface area contributed by atoms with E-state index in [1.807, 2.05) is 54.6 Å². The second-order valence-corrected chi connectivity index (χ2v) is 6.95. The fourth-order valence-corrected chi connectivity index (χ4v) is 3.43. The van der Waals surface area contributed by atoms with Crippen molar-refractivity contribution in [1.29, 1.82) is 0 Å². The average Bonchev–Trinajstić information content (AvgIpc) is 2.98. The van der Waals surface area contributed by atoms with E-state index in [0.717, 1.165) is 19.3 Å². The zero-order valence-corrected chi connectivity index (χ0v) is 16.4. The summed E-state index contributed by atoms with van der Waals surface area (Å²) in [5.41, 5.74) is 3.15. The monoisotopic (exact) mass is 378 g/mol. The second-order valence-electron chi connectivity index (χ2n) is 6.95. The number of rotatable bonds is 8. The number of aryl methyl sites for hydroxylation is 1. The van der Waals surface area contributed by atoms with Gasteiger partial charge >= 0.3 is 0 Å². The lowest BCUT2D eigenvalue weighted by atomic mass is 10.0. The normalized spacial score (nSPS) is 14.2. The molecule has 1 heterocycles. The van der Waals surface area contributed by atoms with Gasteiger partial charge in [0.1, 0.15) is 5.70 Å². The molecular formula is C23H26N2O3. The summed E-state index contributed by atoms with van der Waals surface area (Å²) in [4.78, 5) is 29.3. The van der Waals surface area contributed by atoms with Gasteiger partial charge in [-0.3, -0.25) is 9.59 Å². The molecule has 1 aliphatic rings. The Kier molecular flexibility index (Phi) is 6.26. The fourth-order valence-electron chi connectivity index (χ4n) is 3.43. The molecule has 2 amide bonds. The summed E-state index contributed by atoms with van der Waals surface area (Å²) in [6, 6.07) is 16.8. The molecule has 3 rings (SSSR count). The number of nitrogens with zero attached hydrogens (tertiary/aromatic N) is 2. The number of carbonyl (C=O) groups excluding carboxylic acids is 2. The third kappa shape index (κ3) is 3.85. The zero-order chi connectivity index (χ0) is 20.1. The number of hydrogen-bond donors (Lipinski definition) is 1. The molecule has 5 heteroatoms. The van der Waals surface area contributed by atoms with Crippen molar-refractivity contribution in [3.8, 4) is 0 Å². The quantitative estimate of drug-likeness (QED) is 0.717. The van der Waals surface area contributed by atoms with Crippen molar-refractivity contribution in [2.24, 2.45) is 0 Å². The zero-order valence-electron chi connectivity index (χ0n) is 16.4. The van der Waals surface area contributed by atoms with Crippen LogP contribution in [-0.4, -0.2) is 42.0 Å². The van der Waals surface area contributed by atoms with Gasteiger partial charge in [0.25, 0.3) is 11.8 Å².